The van der Waals surface area contributed by atoms with Gasteiger partial charge in [0.25, 0.3) is 0 Å². The lowest BCUT2D eigenvalue weighted by molar-refractivity contribution is -0.117. The van der Waals surface area contributed by atoms with Gasteiger partial charge in [-0.2, -0.15) is 5.26 Å². The van der Waals surface area contributed by atoms with Crippen molar-refractivity contribution in [1.29, 1.82) is 5.26 Å². The highest BCUT2D eigenvalue weighted by Crippen LogP contribution is 2.53. The molecule has 4 rings (SSSR count). The summed E-state index contributed by atoms with van der Waals surface area (Å²) in [6.45, 7) is 3.94. The Labute approximate surface area is 162 Å². The molecule has 2 aliphatic carbocycles. The fourth-order valence-electron chi connectivity index (χ4n) is 4.39. The van der Waals surface area contributed by atoms with Crippen LogP contribution in [-0.4, -0.2) is 9.99 Å². The van der Waals surface area contributed by atoms with E-state index in [1.165, 1.54) is 0 Å². The number of carbonyl (C=O) groups excluding carboxylic acids is 1. The maximum absolute atomic E-state index is 13.3. The third-order valence-electron chi connectivity index (χ3n) is 5.98. The molecule has 2 aromatic rings. The average Bonchev–Trinajstić information content (AvgIpc) is 3.18. The lowest BCUT2D eigenvalue weighted by atomic mass is 9.78. The lowest BCUT2D eigenvalue weighted by Crippen LogP contribution is -2.24. The van der Waals surface area contributed by atoms with Gasteiger partial charge in [-0.25, -0.2) is 4.21 Å². The molecule has 2 aliphatic rings. The summed E-state index contributed by atoms with van der Waals surface area (Å²) in [5.41, 5.74) is 2.31. The largest absolute Gasteiger partial charge is 0.295 e. The number of nitriles is 1. The molecule has 0 N–H and O–H groups in total. The second-order valence-electron chi connectivity index (χ2n) is 7.67. The SMILES string of the molecule is Cc1ccc([S@](=O)c2ccccc2[C@]2(C#N)CC3=CC(=O)[C@H](C)[C@H]3C2)cc1. The van der Waals surface area contributed by atoms with Gasteiger partial charge in [-0.15, -0.1) is 0 Å². The Kier molecular flexibility index (Phi) is 4.36. The fraction of sp³-hybridized carbons (Fsp3) is 0.304. The molecule has 0 aromatic heterocycles. The van der Waals surface area contributed by atoms with Crippen molar-refractivity contribution in [3.05, 3.63) is 71.3 Å². The molecule has 27 heavy (non-hydrogen) atoms. The third-order valence-corrected chi connectivity index (χ3v) is 7.44. The Morgan fingerprint density at radius 3 is 2.52 bits per heavy atom. The van der Waals surface area contributed by atoms with Crippen molar-refractivity contribution in [3.63, 3.8) is 0 Å². The molecule has 1 fully saturated rings. The molecule has 136 valence electrons. The maximum Gasteiger partial charge on any atom is 0.159 e. The van der Waals surface area contributed by atoms with Gasteiger partial charge in [-0.05, 0) is 55.5 Å². The van der Waals surface area contributed by atoms with Gasteiger partial charge >= 0.3 is 0 Å². The van der Waals surface area contributed by atoms with Crippen LogP contribution in [0.5, 0.6) is 0 Å². The highest BCUT2D eigenvalue weighted by Gasteiger charge is 2.50. The van der Waals surface area contributed by atoms with Crippen molar-refractivity contribution < 1.29 is 9.00 Å². The summed E-state index contributed by atoms with van der Waals surface area (Å²) < 4.78 is 13.3. The van der Waals surface area contributed by atoms with Crippen molar-refractivity contribution in [3.8, 4) is 6.07 Å². The highest BCUT2D eigenvalue weighted by molar-refractivity contribution is 7.85. The van der Waals surface area contributed by atoms with Gasteiger partial charge in [0.05, 0.1) is 22.3 Å². The lowest BCUT2D eigenvalue weighted by Gasteiger charge is -2.25. The smallest absolute Gasteiger partial charge is 0.159 e. The number of hydrogen-bond donors (Lipinski definition) is 0. The molecule has 0 heterocycles. The van der Waals surface area contributed by atoms with Crippen LogP contribution in [0, 0.1) is 30.1 Å². The number of nitrogens with zero attached hydrogens (tertiary/aromatic N) is 1. The average molecular weight is 375 g/mol. The van der Waals surface area contributed by atoms with Gasteiger partial charge in [-0.1, -0.05) is 48.4 Å². The summed E-state index contributed by atoms with van der Waals surface area (Å²) in [7, 11) is -1.35. The minimum absolute atomic E-state index is 0.0648. The van der Waals surface area contributed by atoms with E-state index in [9.17, 15) is 14.3 Å². The summed E-state index contributed by atoms with van der Waals surface area (Å²) in [5.74, 6) is 0.223. The van der Waals surface area contributed by atoms with Gasteiger partial charge in [0, 0.05) is 15.7 Å². The van der Waals surface area contributed by atoms with Crippen molar-refractivity contribution in [2.45, 2.75) is 41.9 Å². The van der Waals surface area contributed by atoms with Crippen LogP contribution < -0.4 is 0 Å². The van der Waals surface area contributed by atoms with E-state index in [2.05, 4.69) is 6.07 Å². The first-order valence-corrected chi connectivity index (χ1v) is 10.3. The molecule has 0 saturated heterocycles. The predicted molar refractivity (Wildman–Crippen MR) is 105 cm³/mol. The summed E-state index contributed by atoms with van der Waals surface area (Å²) in [5, 5.41) is 10.1. The zero-order chi connectivity index (χ0) is 19.2. The van der Waals surface area contributed by atoms with Crippen LogP contribution in [0.2, 0.25) is 0 Å². The van der Waals surface area contributed by atoms with Gasteiger partial charge in [0.2, 0.25) is 0 Å². The predicted octanol–water partition coefficient (Wildman–Crippen LogP) is 4.48. The van der Waals surface area contributed by atoms with Crippen LogP contribution in [0.3, 0.4) is 0 Å². The van der Waals surface area contributed by atoms with Crippen molar-refractivity contribution >= 4 is 16.6 Å². The van der Waals surface area contributed by atoms with E-state index >= 15 is 0 Å². The Hall–Kier alpha value is -2.51. The zero-order valence-corrected chi connectivity index (χ0v) is 16.3. The molecular weight excluding hydrogens is 354 g/mol. The fourth-order valence-corrected chi connectivity index (χ4v) is 5.69. The van der Waals surface area contributed by atoms with Crippen LogP contribution in [-0.2, 0) is 21.0 Å². The second kappa shape index (κ2) is 6.58. The highest BCUT2D eigenvalue weighted by atomic mass is 32.2. The van der Waals surface area contributed by atoms with Crippen LogP contribution in [0.4, 0.5) is 0 Å². The first kappa shape index (κ1) is 17.9. The summed E-state index contributed by atoms with van der Waals surface area (Å²) >= 11 is 0. The molecule has 0 spiro atoms. The second-order valence-corrected chi connectivity index (χ2v) is 9.12. The molecule has 4 atom stereocenters. The Morgan fingerprint density at radius 1 is 1.15 bits per heavy atom. The topological polar surface area (TPSA) is 57.9 Å². The molecule has 2 aromatic carbocycles. The molecule has 0 amide bonds. The molecule has 0 unspecified atom stereocenters. The van der Waals surface area contributed by atoms with E-state index < -0.39 is 16.2 Å². The summed E-state index contributed by atoms with van der Waals surface area (Å²) in [4.78, 5) is 13.4. The van der Waals surface area contributed by atoms with Crippen molar-refractivity contribution in [2.24, 2.45) is 11.8 Å². The molecule has 1 saturated carbocycles. The van der Waals surface area contributed by atoms with Crippen LogP contribution >= 0.6 is 0 Å². The number of fused-ring (bicyclic) bond motifs is 1. The number of benzene rings is 2. The van der Waals surface area contributed by atoms with Gasteiger partial charge in [0.15, 0.2) is 5.78 Å². The van der Waals surface area contributed by atoms with Crippen molar-refractivity contribution in [2.75, 3.05) is 0 Å². The maximum atomic E-state index is 13.3. The van der Waals surface area contributed by atoms with Crippen LogP contribution in [0.1, 0.15) is 30.9 Å². The number of hydrogen-bond acceptors (Lipinski definition) is 3. The molecule has 0 bridgehead atoms. The van der Waals surface area contributed by atoms with Crippen molar-refractivity contribution in [1.82, 2.24) is 0 Å². The molecule has 3 nitrogen and oxygen atoms in total. The van der Waals surface area contributed by atoms with E-state index in [0.29, 0.717) is 17.7 Å². The number of rotatable bonds is 3. The van der Waals surface area contributed by atoms with Gasteiger partial charge in [-0.3, -0.25) is 4.79 Å². The monoisotopic (exact) mass is 375 g/mol. The molecular formula is C23H21NO2S. The minimum Gasteiger partial charge on any atom is -0.295 e. The van der Waals surface area contributed by atoms with E-state index in [4.69, 9.17) is 0 Å². The Balaban J connectivity index is 1.78. The summed E-state index contributed by atoms with van der Waals surface area (Å²) in [6, 6.07) is 17.8. The van der Waals surface area contributed by atoms with E-state index in [-0.39, 0.29) is 17.6 Å². The van der Waals surface area contributed by atoms with E-state index in [1.807, 2.05) is 62.4 Å². The van der Waals surface area contributed by atoms with E-state index in [0.717, 1.165) is 21.6 Å². The molecule has 0 aliphatic heterocycles. The Bertz CT molecular complexity index is 1020. The summed E-state index contributed by atoms with van der Waals surface area (Å²) in [6.07, 6.45) is 2.89. The molecule has 4 heteroatoms. The van der Waals surface area contributed by atoms with Crippen LogP contribution in [0.25, 0.3) is 0 Å². The number of aryl methyl sites for hydroxylation is 1. The minimum atomic E-state index is -1.35. The van der Waals surface area contributed by atoms with E-state index in [1.54, 1.807) is 6.08 Å². The van der Waals surface area contributed by atoms with Gasteiger partial charge < -0.3 is 0 Å². The third kappa shape index (κ3) is 2.87. The number of ketones is 1. The van der Waals surface area contributed by atoms with Gasteiger partial charge in [0.1, 0.15) is 0 Å². The first-order valence-electron chi connectivity index (χ1n) is 9.19. The normalized spacial score (nSPS) is 27.7. The quantitative estimate of drug-likeness (QED) is 0.795. The zero-order valence-electron chi connectivity index (χ0n) is 15.4. The van der Waals surface area contributed by atoms with Crippen LogP contribution in [0.15, 0.2) is 70.0 Å². The standard InChI is InChI=1S/C23H21NO2S/c1-15-7-9-18(10-8-15)27(26)22-6-4-3-5-20(22)23(14-24)12-17-11-21(25)16(2)19(17)13-23/h3-11,16,19H,12-13H2,1-2H3/t16-,19-,23-,27+/m1/s1. The Morgan fingerprint density at radius 2 is 1.85 bits per heavy atom. The number of allylic oxidation sites excluding steroid dienone is 2. The number of carbonyl (C=O) groups is 1. The molecule has 0 radical (unpaired) electrons. The first-order chi connectivity index (χ1) is 12.9.